The van der Waals surface area contributed by atoms with Gasteiger partial charge in [-0.05, 0) is 228 Å². The summed E-state index contributed by atoms with van der Waals surface area (Å²) in [5.41, 5.74) is 29.4. The molecular weight excluding hydrogens is 1090 g/mol. The Bertz CT molecular complexity index is 4800. The molecule has 13 aromatic rings. The van der Waals surface area contributed by atoms with Gasteiger partial charge in [-0.3, -0.25) is 9.80 Å². The lowest BCUT2D eigenvalue weighted by molar-refractivity contribution is -0.0735. The number of aryl methyl sites for hydroxylation is 2. The fraction of sp³-hybridized carbons (Fsp3) is 0.163. The molecule has 1 heterocycles. The van der Waals surface area contributed by atoms with E-state index >= 15 is 0 Å². The van der Waals surface area contributed by atoms with Gasteiger partial charge in [0.15, 0.2) is 0 Å². The summed E-state index contributed by atoms with van der Waals surface area (Å²) in [6.07, 6.45) is 2.40. The van der Waals surface area contributed by atoms with Gasteiger partial charge in [0.1, 0.15) is 0 Å². The lowest BCUT2D eigenvalue weighted by Crippen LogP contribution is -2.59. The van der Waals surface area contributed by atoms with Gasteiger partial charge in [-0.1, -0.05) is 220 Å². The van der Waals surface area contributed by atoms with Crippen molar-refractivity contribution in [1.82, 2.24) is 14.4 Å². The van der Waals surface area contributed by atoms with Crippen molar-refractivity contribution in [3.8, 4) is 72.4 Å². The topological polar surface area (TPSA) is 14.7 Å². The molecule has 1 unspecified atom stereocenters. The average Bonchev–Trinajstić information content (AvgIpc) is 1.62. The van der Waals surface area contributed by atoms with Crippen LogP contribution in [0.25, 0.3) is 94.3 Å². The third kappa shape index (κ3) is 9.96. The van der Waals surface area contributed by atoms with Crippen LogP contribution >= 0.6 is 0 Å². The van der Waals surface area contributed by atoms with Crippen LogP contribution in [0.4, 0.5) is 17.1 Å². The van der Waals surface area contributed by atoms with Crippen LogP contribution in [0.5, 0.6) is 0 Å². The molecule has 12 aromatic carbocycles. The Balaban J connectivity index is 0.711. The predicted molar refractivity (Wildman–Crippen MR) is 380 cm³/mol. The van der Waals surface area contributed by atoms with E-state index in [2.05, 4.69) is 354 Å². The number of nitrogens with zero attached hydrogens (tertiary/aromatic N) is 4. The van der Waals surface area contributed by atoms with Crippen molar-refractivity contribution in [3.05, 3.63) is 312 Å². The molecule has 0 amide bonds. The number of anilines is 3. The highest BCUT2D eigenvalue weighted by atomic mass is 15.4. The number of hydrogen-bond acceptors (Lipinski definition) is 3. The number of aromatic nitrogens is 1. The van der Waals surface area contributed by atoms with Crippen LogP contribution < -0.4 is 4.90 Å². The summed E-state index contributed by atoms with van der Waals surface area (Å²) in [5.74, 6) is 0. The average molecular weight is 1170 g/mol. The lowest BCUT2D eigenvalue weighted by Gasteiger charge is -2.52. The van der Waals surface area contributed by atoms with Gasteiger partial charge in [-0.15, -0.1) is 0 Å². The second-order valence-electron chi connectivity index (χ2n) is 26.8. The van der Waals surface area contributed by atoms with Crippen molar-refractivity contribution in [2.24, 2.45) is 0 Å². The van der Waals surface area contributed by atoms with E-state index in [0.717, 1.165) is 29.3 Å². The first-order chi connectivity index (χ1) is 43.7. The molecule has 0 spiro atoms. The number of benzene rings is 12. The van der Waals surface area contributed by atoms with Crippen LogP contribution in [0.3, 0.4) is 0 Å². The molecule has 0 radical (unpaired) electrons. The van der Waals surface area contributed by atoms with Gasteiger partial charge in [0.25, 0.3) is 0 Å². The zero-order valence-corrected chi connectivity index (χ0v) is 53.0. The van der Waals surface area contributed by atoms with E-state index in [-0.39, 0.29) is 16.6 Å². The molecule has 4 heteroatoms. The van der Waals surface area contributed by atoms with E-state index in [1.165, 1.54) is 135 Å². The normalized spacial score (nSPS) is 13.9. The molecule has 15 rings (SSSR count). The van der Waals surface area contributed by atoms with E-state index in [4.69, 9.17) is 0 Å². The van der Waals surface area contributed by atoms with Crippen molar-refractivity contribution in [1.29, 1.82) is 0 Å². The van der Waals surface area contributed by atoms with Gasteiger partial charge in [0.2, 0.25) is 0 Å². The SMILES string of the molecule is CN(Cc1ccc(-c2ccc3c(c2)c2cc(-c4ccc(-c5ccc(N(c6ccc(-c7ccccc7)cc6)c6ccc7c(c6)C(C)(C)c6ccccc6-7)cc5)cc4)ccc2n3-c2ccccc2)cc1)C(C)(c1ccc(-c2ccc3c(c2)CC3)cc1)N(C)C(C)(C)C. The van der Waals surface area contributed by atoms with E-state index < -0.39 is 0 Å². The predicted octanol–water partition coefficient (Wildman–Crippen LogP) is 22.0. The quantitative estimate of drug-likeness (QED) is 0.101. The fourth-order valence-electron chi connectivity index (χ4n) is 14.5. The largest absolute Gasteiger partial charge is 0.310 e. The molecular formula is C86H76N4. The third-order valence-corrected chi connectivity index (χ3v) is 20.3. The molecule has 0 saturated carbocycles. The highest BCUT2D eigenvalue weighted by Gasteiger charge is 2.41. The molecule has 1 aromatic heterocycles. The Labute approximate surface area is 531 Å². The zero-order valence-electron chi connectivity index (χ0n) is 53.0. The molecule has 0 aliphatic heterocycles. The van der Waals surface area contributed by atoms with Gasteiger partial charge < -0.3 is 9.47 Å². The fourth-order valence-corrected chi connectivity index (χ4v) is 14.5. The molecule has 2 aliphatic rings. The second kappa shape index (κ2) is 22.3. The van der Waals surface area contributed by atoms with Gasteiger partial charge in [0.05, 0.1) is 16.7 Å². The minimum Gasteiger partial charge on any atom is -0.310 e. The summed E-state index contributed by atoms with van der Waals surface area (Å²) in [6, 6.07) is 104. The van der Waals surface area contributed by atoms with Crippen molar-refractivity contribution < 1.29 is 0 Å². The summed E-state index contributed by atoms with van der Waals surface area (Å²) in [6.45, 7) is 14.8. The summed E-state index contributed by atoms with van der Waals surface area (Å²) in [4.78, 5) is 7.44. The second-order valence-corrected chi connectivity index (χ2v) is 26.8. The minimum absolute atomic E-state index is 0.0739. The molecule has 440 valence electrons. The van der Waals surface area contributed by atoms with Gasteiger partial charge in [0, 0.05) is 51.0 Å². The Morgan fingerprint density at radius 1 is 0.378 bits per heavy atom. The maximum absolute atomic E-state index is 2.52. The summed E-state index contributed by atoms with van der Waals surface area (Å²) >= 11 is 0. The monoisotopic (exact) mass is 1160 g/mol. The maximum atomic E-state index is 2.52. The van der Waals surface area contributed by atoms with Crippen LogP contribution in [-0.2, 0) is 30.5 Å². The molecule has 0 saturated heterocycles. The lowest BCUT2D eigenvalue weighted by atomic mass is 9.82. The Kier molecular flexibility index (Phi) is 14.1. The number of para-hydroxylation sites is 1. The summed E-state index contributed by atoms with van der Waals surface area (Å²) < 4.78 is 2.42. The standard InChI is InChI=1S/C86H76N4/c1-84(2,3)88(8)86(6,71-43-35-66(36-44-71)68-34-32-64-31-33-67(64)53-68)87(7)57-58-23-25-63(26-24-58)69-41-51-82-78(54-69)79-55-70(42-52-83(79)90(82)72-19-13-10-14-20-72)65-29-27-60(28-30-65)62-39-47-74(48-40-62)89(73-45-37-61(38-46-73)59-17-11-9-12-18-59)75-49-50-77-76-21-15-16-22-80(76)85(4,5)81(77)56-75/h9-30,32,34-56H,31,33,57H2,1-8H3. The minimum atomic E-state index is -0.376. The van der Waals surface area contributed by atoms with E-state index in [0.29, 0.717) is 0 Å². The van der Waals surface area contributed by atoms with Crippen molar-refractivity contribution in [3.63, 3.8) is 0 Å². The van der Waals surface area contributed by atoms with Gasteiger partial charge >= 0.3 is 0 Å². The maximum Gasteiger partial charge on any atom is 0.0973 e. The first-order valence-corrected chi connectivity index (χ1v) is 32.0. The first-order valence-electron chi connectivity index (χ1n) is 32.0. The van der Waals surface area contributed by atoms with Crippen LogP contribution in [0.15, 0.2) is 279 Å². The van der Waals surface area contributed by atoms with Crippen molar-refractivity contribution >= 4 is 38.9 Å². The highest BCUT2D eigenvalue weighted by molar-refractivity contribution is 6.11. The zero-order chi connectivity index (χ0) is 61.5. The number of hydrogen-bond donors (Lipinski definition) is 0. The molecule has 1 atom stereocenters. The Morgan fingerprint density at radius 3 is 1.36 bits per heavy atom. The van der Waals surface area contributed by atoms with E-state index in [1.807, 2.05) is 0 Å². The van der Waals surface area contributed by atoms with Gasteiger partial charge in [-0.2, -0.15) is 0 Å². The molecule has 2 aliphatic carbocycles. The number of rotatable bonds is 14. The van der Waals surface area contributed by atoms with Crippen molar-refractivity contribution in [2.45, 2.75) is 77.5 Å². The summed E-state index contributed by atoms with van der Waals surface area (Å²) in [5, 5.41) is 2.46. The van der Waals surface area contributed by atoms with Crippen LogP contribution in [-0.4, -0.2) is 34.0 Å². The van der Waals surface area contributed by atoms with Crippen LogP contribution in [0.2, 0.25) is 0 Å². The van der Waals surface area contributed by atoms with E-state index in [9.17, 15) is 0 Å². The Hall–Kier alpha value is -9.84. The molecule has 4 nitrogen and oxygen atoms in total. The highest BCUT2D eigenvalue weighted by Crippen LogP contribution is 2.51. The van der Waals surface area contributed by atoms with E-state index in [1.54, 1.807) is 0 Å². The molecule has 90 heavy (non-hydrogen) atoms. The van der Waals surface area contributed by atoms with Crippen molar-refractivity contribution in [2.75, 3.05) is 19.0 Å². The summed E-state index contributed by atoms with van der Waals surface area (Å²) in [7, 11) is 4.54. The first kappa shape index (κ1) is 56.7. The number of fused-ring (bicyclic) bond motifs is 7. The van der Waals surface area contributed by atoms with Crippen LogP contribution in [0, 0.1) is 0 Å². The van der Waals surface area contributed by atoms with Crippen LogP contribution in [0.1, 0.15) is 74.9 Å². The molecule has 0 fully saturated rings. The molecule has 0 N–H and O–H groups in total. The molecule has 0 bridgehead atoms. The smallest absolute Gasteiger partial charge is 0.0973 e. The van der Waals surface area contributed by atoms with Gasteiger partial charge in [-0.25, -0.2) is 0 Å². The Morgan fingerprint density at radius 2 is 0.811 bits per heavy atom. The third-order valence-electron chi connectivity index (χ3n) is 20.3.